The summed E-state index contributed by atoms with van der Waals surface area (Å²) >= 11 is 0. The van der Waals surface area contributed by atoms with E-state index in [0.29, 0.717) is 23.7 Å². The van der Waals surface area contributed by atoms with Gasteiger partial charge in [-0.2, -0.15) is 4.31 Å². The largest absolute Gasteiger partial charge is 0.497 e. The van der Waals surface area contributed by atoms with Gasteiger partial charge in [-0.3, -0.25) is 4.79 Å². The number of methoxy groups -OCH3 is 3. The van der Waals surface area contributed by atoms with E-state index in [2.05, 4.69) is 5.32 Å². The summed E-state index contributed by atoms with van der Waals surface area (Å²) in [6, 6.07) is 11.1. The van der Waals surface area contributed by atoms with Gasteiger partial charge in [0.05, 0.1) is 38.8 Å². The smallest absolute Gasteiger partial charge is 0.243 e. The van der Waals surface area contributed by atoms with E-state index in [1.165, 1.54) is 26.3 Å². The molecule has 1 amide bonds. The molecule has 8 nitrogen and oxygen atoms in total. The van der Waals surface area contributed by atoms with Crippen molar-refractivity contribution in [2.24, 2.45) is 0 Å². The van der Waals surface area contributed by atoms with Gasteiger partial charge in [0.25, 0.3) is 0 Å². The van der Waals surface area contributed by atoms with E-state index in [-0.39, 0.29) is 17.5 Å². The summed E-state index contributed by atoms with van der Waals surface area (Å²) in [4.78, 5) is 12.6. The van der Waals surface area contributed by atoms with Crippen LogP contribution in [0.15, 0.2) is 47.4 Å². The summed E-state index contributed by atoms with van der Waals surface area (Å²) in [6.45, 7) is 1.62. The molecule has 30 heavy (non-hydrogen) atoms. The van der Waals surface area contributed by atoms with Gasteiger partial charge in [-0.05, 0) is 48.4 Å². The third kappa shape index (κ3) is 5.43. The van der Waals surface area contributed by atoms with E-state index in [1.54, 1.807) is 38.5 Å². The standard InChI is InChI=1S/C21H28N2O6S/c1-6-18(15-7-12-19(28-4)20(13-15)29-5)22-21(24)14-23(2)30(25,26)17-10-8-16(27-3)9-11-17/h7-13,18H,6,14H2,1-5H3,(H,22,24)/t18-/m1/s1. The van der Waals surface area contributed by atoms with Crippen LogP contribution in [-0.2, 0) is 14.8 Å². The number of sulfonamides is 1. The topological polar surface area (TPSA) is 94.2 Å². The normalized spacial score (nSPS) is 12.3. The maximum Gasteiger partial charge on any atom is 0.243 e. The molecular formula is C21H28N2O6S. The average Bonchev–Trinajstić information content (AvgIpc) is 2.76. The van der Waals surface area contributed by atoms with Crippen molar-refractivity contribution in [1.29, 1.82) is 0 Å². The summed E-state index contributed by atoms with van der Waals surface area (Å²) < 4.78 is 42.1. The lowest BCUT2D eigenvalue weighted by atomic mass is 10.0. The molecule has 1 N–H and O–H groups in total. The Labute approximate surface area is 177 Å². The number of hydrogen-bond acceptors (Lipinski definition) is 6. The maximum absolute atomic E-state index is 12.7. The number of nitrogens with zero attached hydrogens (tertiary/aromatic N) is 1. The van der Waals surface area contributed by atoms with Crippen molar-refractivity contribution in [2.75, 3.05) is 34.9 Å². The number of carbonyl (C=O) groups excluding carboxylic acids is 1. The quantitative estimate of drug-likeness (QED) is 0.615. The SMILES string of the molecule is CC[C@@H](NC(=O)CN(C)S(=O)(=O)c1ccc(OC)cc1)c1ccc(OC)c(OC)c1. The Bertz CT molecular complexity index is 960. The molecule has 1 atom stereocenters. The van der Waals surface area contributed by atoms with Gasteiger partial charge in [-0.15, -0.1) is 0 Å². The molecule has 0 heterocycles. The van der Waals surface area contributed by atoms with Crippen LogP contribution in [0.1, 0.15) is 24.9 Å². The number of benzene rings is 2. The van der Waals surface area contributed by atoms with Crippen LogP contribution in [0, 0.1) is 0 Å². The molecular weight excluding hydrogens is 408 g/mol. The molecule has 0 unspecified atom stereocenters. The fourth-order valence-electron chi connectivity index (χ4n) is 2.95. The highest BCUT2D eigenvalue weighted by atomic mass is 32.2. The first-order valence-corrected chi connectivity index (χ1v) is 10.8. The second kappa shape index (κ2) is 10.3. The van der Waals surface area contributed by atoms with Crippen molar-refractivity contribution >= 4 is 15.9 Å². The van der Waals surface area contributed by atoms with Gasteiger partial charge in [0.2, 0.25) is 15.9 Å². The zero-order chi connectivity index (χ0) is 22.3. The minimum atomic E-state index is -3.81. The molecule has 164 valence electrons. The Morgan fingerprint density at radius 2 is 1.63 bits per heavy atom. The number of carbonyl (C=O) groups is 1. The zero-order valence-electron chi connectivity index (χ0n) is 17.8. The molecule has 2 aromatic rings. The molecule has 0 aliphatic heterocycles. The monoisotopic (exact) mass is 436 g/mol. The van der Waals surface area contributed by atoms with Crippen LogP contribution in [0.4, 0.5) is 0 Å². The molecule has 0 aliphatic rings. The highest BCUT2D eigenvalue weighted by molar-refractivity contribution is 7.89. The van der Waals surface area contributed by atoms with Crippen molar-refractivity contribution in [3.63, 3.8) is 0 Å². The molecule has 0 fully saturated rings. The number of nitrogens with one attached hydrogen (secondary N) is 1. The second-order valence-corrected chi connectivity index (χ2v) is 8.62. The van der Waals surface area contributed by atoms with Crippen molar-refractivity contribution in [3.05, 3.63) is 48.0 Å². The Morgan fingerprint density at radius 1 is 1.00 bits per heavy atom. The molecule has 0 spiro atoms. The van der Waals surface area contributed by atoms with E-state index in [1.807, 2.05) is 13.0 Å². The van der Waals surface area contributed by atoms with Crippen LogP contribution in [0.25, 0.3) is 0 Å². The first-order valence-electron chi connectivity index (χ1n) is 9.38. The Kier molecular flexibility index (Phi) is 8.08. The molecule has 0 bridgehead atoms. The average molecular weight is 437 g/mol. The summed E-state index contributed by atoms with van der Waals surface area (Å²) in [5.41, 5.74) is 0.837. The van der Waals surface area contributed by atoms with Gasteiger partial charge >= 0.3 is 0 Å². The van der Waals surface area contributed by atoms with Gasteiger partial charge in [0.15, 0.2) is 11.5 Å². The van der Waals surface area contributed by atoms with Crippen LogP contribution < -0.4 is 19.5 Å². The van der Waals surface area contributed by atoms with Gasteiger partial charge in [0.1, 0.15) is 5.75 Å². The van der Waals surface area contributed by atoms with Crippen LogP contribution in [0.2, 0.25) is 0 Å². The first-order chi connectivity index (χ1) is 14.3. The summed E-state index contributed by atoms with van der Waals surface area (Å²) in [5.74, 6) is 1.29. The molecule has 0 aliphatic carbocycles. The predicted octanol–water partition coefficient (Wildman–Crippen LogP) is 2.60. The Hall–Kier alpha value is -2.78. The van der Waals surface area contributed by atoms with Gasteiger partial charge in [-0.25, -0.2) is 8.42 Å². The maximum atomic E-state index is 12.7. The lowest BCUT2D eigenvalue weighted by molar-refractivity contribution is -0.121. The first kappa shape index (κ1) is 23.5. The van der Waals surface area contributed by atoms with E-state index < -0.39 is 15.9 Å². The zero-order valence-corrected chi connectivity index (χ0v) is 18.7. The molecule has 0 aromatic heterocycles. The van der Waals surface area contributed by atoms with E-state index in [4.69, 9.17) is 14.2 Å². The van der Waals surface area contributed by atoms with Crippen LogP contribution >= 0.6 is 0 Å². The number of amides is 1. The number of rotatable bonds is 10. The van der Waals surface area contributed by atoms with Crippen molar-refractivity contribution in [2.45, 2.75) is 24.3 Å². The van der Waals surface area contributed by atoms with Crippen molar-refractivity contribution in [3.8, 4) is 17.2 Å². The summed E-state index contributed by atoms with van der Waals surface area (Å²) in [6.07, 6.45) is 0.621. The predicted molar refractivity (Wildman–Crippen MR) is 114 cm³/mol. The fourth-order valence-corrected chi connectivity index (χ4v) is 4.07. The van der Waals surface area contributed by atoms with E-state index in [9.17, 15) is 13.2 Å². The lowest BCUT2D eigenvalue weighted by Gasteiger charge is -2.22. The van der Waals surface area contributed by atoms with Gasteiger partial charge < -0.3 is 19.5 Å². The van der Waals surface area contributed by atoms with Gasteiger partial charge in [-0.1, -0.05) is 13.0 Å². The third-order valence-corrected chi connectivity index (χ3v) is 6.50. The van der Waals surface area contributed by atoms with Crippen LogP contribution in [-0.4, -0.2) is 53.6 Å². The molecule has 9 heteroatoms. The molecule has 0 radical (unpaired) electrons. The fraction of sp³-hybridized carbons (Fsp3) is 0.381. The van der Waals surface area contributed by atoms with Gasteiger partial charge in [0, 0.05) is 7.05 Å². The summed E-state index contributed by atoms with van der Waals surface area (Å²) in [5, 5.41) is 2.88. The second-order valence-electron chi connectivity index (χ2n) is 6.58. The third-order valence-electron chi connectivity index (χ3n) is 4.69. The number of likely N-dealkylation sites (N-methyl/N-ethyl adjacent to an activating group) is 1. The van der Waals surface area contributed by atoms with Crippen LogP contribution in [0.3, 0.4) is 0 Å². The molecule has 2 rings (SSSR count). The minimum Gasteiger partial charge on any atom is -0.497 e. The lowest BCUT2D eigenvalue weighted by Crippen LogP contribution is -2.39. The molecule has 0 saturated heterocycles. The van der Waals surface area contributed by atoms with Crippen LogP contribution in [0.5, 0.6) is 17.2 Å². The highest BCUT2D eigenvalue weighted by Crippen LogP contribution is 2.30. The Balaban J connectivity index is 2.10. The summed E-state index contributed by atoms with van der Waals surface area (Å²) in [7, 11) is 2.16. The van der Waals surface area contributed by atoms with Crippen molar-refractivity contribution in [1.82, 2.24) is 9.62 Å². The Morgan fingerprint density at radius 3 is 2.17 bits per heavy atom. The van der Waals surface area contributed by atoms with Crippen molar-refractivity contribution < 1.29 is 27.4 Å². The molecule has 2 aromatic carbocycles. The highest BCUT2D eigenvalue weighted by Gasteiger charge is 2.24. The minimum absolute atomic E-state index is 0.0885. The molecule has 0 saturated carbocycles. The number of ether oxygens (including phenoxy) is 3. The van der Waals surface area contributed by atoms with E-state index in [0.717, 1.165) is 9.87 Å². The number of hydrogen-bond donors (Lipinski definition) is 1. The van der Waals surface area contributed by atoms with E-state index >= 15 is 0 Å².